The number of allylic oxidation sites excluding steroid dienone is 6. The lowest BCUT2D eigenvalue weighted by Crippen LogP contribution is -2.21. The van der Waals surface area contributed by atoms with E-state index in [1.165, 1.54) is 159 Å². The van der Waals surface area contributed by atoms with E-state index in [0.717, 1.165) is 95.9 Å². The molecule has 0 aliphatic carbocycles. The molecule has 0 bridgehead atoms. The lowest BCUT2D eigenvalue weighted by atomic mass is 9.93. The number of ether oxygens (including phenoxy) is 4. The Bertz CT molecular complexity index is 1350. The molecule has 1 saturated heterocycles. The highest BCUT2D eigenvalue weighted by Gasteiger charge is 2.15. The van der Waals surface area contributed by atoms with Crippen molar-refractivity contribution in [3.63, 3.8) is 0 Å². The normalized spacial score (nSPS) is 13.6. The van der Waals surface area contributed by atoms with Gasteiger partial charge in [-0.3, -0.25) is 24.0 Å². The van der Waals surface area contributed by atoms with Gasteiger partial charge in [0.15, 0.2) is 0 Å². The molecule has 2 atom stereocenters. The summed E-state index contributed by atoms with van der Waals surface area (Å²) >= 11 is 2.50. The van der Waals surface area contributed by atoms with Crippen molar-refractivity contribution in [2.24, 2.45) is 11.8 Å². The molecule has 0 amide bonds. The van der Waals surface area contributed by atoms with Crippen LogP contribution >= 0.6 is 23.5 Å². The van der Waals surface area contributed by atoms with Crippen LogP contribution in [0.25, 0.3) is 0 Å². The molecule has 13 heteroatoms. The van der Waals surface area contributed by atoms with Crippen molar-refractivity contribution in [2.75, 3.05) is 69.1 Å². The summed E-state index contributed by atoms with van der Waals surface area (Å²) in [6.07, 6.45) is 50.9. The summed E-state index contributed by atoms with van der Waals surface area (Å²) in [5.41, 5.74) is 0. The highest BCUT2D eigenvalue weighted by atomic mass is 32.2. The summed E-state index contributed by atoms with van der Waals surface area (Å²) in [5, 5.41) is 6.89. The fraction of sp³-hybridized carbons (Fsp3) is 0.814. The predicted molar refractivity (Wildman–Crippen MR) is 303 cm³/mol. The molecule has 0 saturated carbocycles. The van der Waals surface area contributed by atoms with Gasteiger partial charge in [0, 0.05) is 0 Å². The molecule has 0 aromatic carbocycles. The van der Waals surface area contributed by atoms with Crippen LogP contribution in [0.1, 0.15) is 226 Å². The van der Waals surface area contributed by atoms with Crippen LogP contribution in [0, 0.1) is 11.8 Å². The minimum Gasteiger partial charge on any atom is -0.483 e. The van der Waals surface area contributed by atoms with Crippen LogP contribution in [-0.2, 0) is 42.9 Å². The first kappa shape index (κ1) is 69.2. The molecular formula is C59H105NO10S2. The van der Waals surface area contributed by atoms with Crippen molar-refractivity contribution in [1.29, 1.82) is 0 Å². The van der Waals surface area contributed by atoms with Gasteiger partial charge in [-0.2, -0.15) is 0 Å². The van der Waals surface area contributed by atoms with Gasteiger partial charge in [-0.15, -0.1) is 23.5 Å². The Labute approximate surface area is 448 Å². The molecule has 418 valence electrons. The number of thioether (sulfide) groups is 2. The highest BCUT2D eigenvalue weighted by molar-refractivity contribution is 8.00. The van der Waals surface area contributed by atoms with Crippen LogP contribution in [0.5, 0.6) is 0 Å². The van der Waals surface area contributed by atoms with Gasteiger partial charge in [0.1, 0.15) is 0 Å². The van der Waals surface area contributed by atoms with Gasteiger partial charge < -0.3 is 29.0 Å². The largest absolute Gasteiger partial charge is 0.483 e. The predicted octanol–water partition coefficient (Wildman–Crippen LogP) is 15.1. The summed E-state index contributed by atoms with van der Waals surface area (Å²) in [6, 6.07) is 0. The van der Waals surface area contributed by atoms with Crippen molar-refractivity contribution in [2.45, 2.75) is 226 Å². The molecular weight excluding hydrogens is 947 g/mol. The van der Waals surface area contributed by atoms with Gasteiger partial charge in [0.05, 0.1) is 49.4 Å². The average Bonchev–Trinajstić information content (AvgIpc) is 3.89. The molecule has 2 unspecified atom stereocenters. The van der Waals surface area contributed by atoms with Gasteiger partial charge in [-0.25, -0.2) is 0 Å². The maximum atomic E-state index is 12.4. The van der Waals surface area contributed by atoms with E-state index in [0.29, 0.717) is 32.3 Å². The van der Waals surface area contributed by atoms with E-state index in [1.807, 2.05) is 0 Å². The summed E-state index contributed by atoms with van der Waals surface area (Å²) in [6.45, 7) is 11.7. The van der Waals surface area contributed by atoms with Crippen LogP contribution in [0.15, 0.2) is 36.5 Å². The summed E-state index contributed by atoms with van der Waals surface area (Å²) in [5.74, 6) is 0.731. The van der Waals surface area contributed by atoms with Crippen molar-refractivity contribution in [3.05, 3.63) is 36.5 Å². The van der Waals surface area contributed by atoms with Crippen molar-refractivity contribution < 1.29 is 48.0 Å². The minimum absolute atomic E-state index is 0.141. The SMILES string of the molecule is CCCCC/C=C\C/C=C\CCCCCCCCOC(=O)CSCC(=O)OCCCC(CCCOC(=O)CSCC(=O)OCCCCCCCC/C=C\CC(C)CCCCC)CCCN1CCCC1.O=CO. The van der Waals surface area contributed by atoms with Crippen LogP contribution in [0.3, 0.4) is 0 Å². The van der Waals surface area contributed by atoms with Crippen LogP contribution in [-0.4, -0.2) is 109 Å². The molecule has 1 aliphatic heterocycles. The Hall–Kier alpha value is -2.77. The smallest absolute Gasteiger partial charge is 0.315 e. The van der Waals surface area contributed by atoms with Crippen molar-refractivity contribution in [1.82, 2.24) is 4.90 Å². The number of unbranched alkanes of at least 4 members (excludes halogenated alkanes) is 17. The fourth-order valence-corrected chi connectivity index (χ4v) is 9.81. The number of hydrogen-bond acceptors (Lipinski definition) is 12. The van der Waals surface area contributed by atoms with E-state index in [4.69, 9.17) is 28.8 Å². The molecule has 0 aromatic rings. The fourth-order valence-electron chi connectivity index (χ4n) is 8.60. The van der Waals surface area contributed by atoms with Gasteiger partial charge in [-0.05, 0) is 147 Å². The zero-order chi connectivity index (χ0) is 52.6. The number of carbonyl (C=O) groups is 5. The summed E-state index contributed by atoms with van der Waals surface area (Å²) in [4.78, 5) is 60.0. The van der Waals surface area contributed by atoms with E-state index in [9.17, 15) is 19.2 Å². The third-order valence-electron chi connectivity index (χ3n) is 12.8. The third kappa shape index (κ3) is 52.1. The highest BCUT2D eigenvalue weighted by Crippen LogP contribution is 2.22. The van der Waals surface area contributed by atoms with E-state index >= 15 is 0 Å². The van der Waals surface area contributed by atoms with Crippen molar-refractivity contribution >= 4 is 53.9 Å². The Morgan fingerprint density at radius 2 is 0.861 bits per heavy atom. The van der Waals surface area contributed by atoms with Gasteiger partial charge >= 0.3 is 23.9 Å². The topological polar surface area (TPSA) is 146 Å². The molecule has 1 N–H and O–H groups in total. The number of carbonyl (C=O) groups excluding carboxylic acids is 4. The summed E-state index contributed by atoms with van der Waals surface area (Å²) < 4.78 is 21.8. The van der Waals surface area contributed by atoms with Gasteiger partial charge in [0.25, 0.3) is 6.47 Å². The van der Waals surface area contributed by atoms with Crippen LogP contribution in [0.2, 0.25) is 0 Å². The molecule has 1 fully saturated rings. The number of hydrogen-bond donors (Lipinski definition) is 1. The molecule has 1 aliphatic rings. The van der Waals surface area contributed by atoms with Crippen molar-refractivity contribution in [3.8, 4) is 0 Å². The van der Waals surface area contributed by atoms with Gasteiger partial charge in [-0.1, -0.05) is 147 Å². The standard InChI is InChI=1S/C58H103NO8S2.CH2O2/c1-4-6-8-9-10-11-12-13-14-15-16-17-20-23-26-32-45-64-55(60)49-68-51-57(62)66-47-35-40-54(39-34-44-59-42-30-31-43-59)41-36-48-67-58(63)52-69-50-56(61)65-46-33-27-24-21-18-19-22-25-29-38-53(3)37-28-7-5-2;2-1-3/h10-11,13-14,25,29,53-54H,4-9,12,15-24,26-28,30-52H2,1-3H3;1H,(H,2,3)/b11-10-,14-13-,29-25-;. The molecule has 11 nitrogen and oxygen atoms in total. The quantitative estimate of drug-likeness (QED) is 0.0203. The zero-order valence-electron chi connectivity index (χ0n) is 46.0. The van der Waals surface area contributed by atoms with E-state index in [1.54, 1.807) is 0 Å². The van der Waals surface area contributed by atoms with E-state index in [-0.39, 0.29) is 53.4 Å². The average molecular weight is 1050 g/mol. The Morgan fingerprint density at radius 1 is 0.486 bits per heavy atom. The first-order valence-electron chi connectivity index (χ1n) is 28.8. The number of nitrogens with zero attached hydrogens (tertiary/aromatic N) is 1. The van der Waals surface area contributed by atoms with Gasteiger partial charge in [0.2, 0.25) is 0 Å². The molecule has 1 heterocycles. The zero-order valence-corrected chi connectivity index (χ0v) is 47.6. The summed E-state index contributed by atoms with van der Waals surface area (Å²) in [7, 11) is 0. The number of rotatable bonds is 50. The maximum absolute atomic E-state index is 12.4. The second kappa shape index (κ2) is 56.0. The number of likely N-dealkylation sites (tertiary alicyclic amines) is 1. The first-order valence-corrected chi connectivity index (χ1v) is 31.1. The Kier molecular flexibility index (Phi) is 53.8. The maximum Gasteiger partial charge on any atom is 0.315 e. The lowest BCUT2D eigenvalue weighted by Gasteiger charge is -2.19. The lowest BCUT2D eigenvalue weighted by molar-refractivity contribution is -0.142. The molecule has 0 aromatic heterocycles. The molecule has 1 rings (SSSR count). The van der Waals surface area contributed by atoms with Crippen LogP contribution < -0.4 is 0 Å². The monoisotopic (exact) mass is 1050 g/mol. The van der Waals surface area contributed by atoms with Crippen LogP contribution in [0.4, 0.5) is 0 Å². The minimum atomic E-state index is -0.296. The molecule has 0 spiro atoms. The van der Waals surface area contributed by atoms with E-state index in [2.05, 4.69) is 62.1 Å². The number of carboxylic acid groups (broad SMARTS) is 1. The number of esters is 4. The first-order chi connectivity index (χ1) is 35.2. The molecule has 0 radical (unpaired) electrons. The van der Waals surface area contributed by atoms with E-state index < -0.39 is 0 Å². The third-order valence-corrected chi connectivity index (χ3v) is 14.6. The second-order valence-corrected chi connectivity index (χ2v) is 21.6. The molecule has 72 heavy (non-hydrogen) atoms. The Balaban J connectivity index is 0.0000164. The second-order valence-electron chi connectivity index (χ2n) is 19.6. The Morgan fingerprint density at radius 3 is 1.32 bits per heavy atom.